The van der Waals surface area contributed by atoms with E-state index in [9.17, 15) is 4.79 Å². The van der Waals surface area contributed by atoms with Gasteiger partial charge in [0.05, 0.1) is 6.10 Å². The molecule has 2 saturated carbocycles. The molecule has 3 aliphatic rings. The third-order valence-corrected chi connectivity index (χ3v) is 11.5. The number of Topliss-reactive ketones (excluding diaryl/α,β-unsaturated/α-hetero) is 1. The first kappa shape index (κ1) is 25.8. The molecule has 1 saturated heterocycles. The molecule has 0 amide bonds. The third-order valence-electron chi connectivity index (χ3n) is 9.03. The molecule has 4 nitrogen and oxygen atoms in total. The maximum atomic E-state index is 13.5. The van der Waals surface area contributed by atoms with Gasteiger partial charge in [-0.15, -0.1) is 0 Å². The molecule has 5 heteroatoms. The van der Waals surface area contributed by atoms with Crippen LogP contribution in [-0.4, -0.2) is 40.4 Å². The predicted octanol–water partition coefficient (Wildman–Crippen LogP) is 4.73. The Morgan fingerprint density at radius 1 is 1.00 bits per heavy atom. The van der Waals surface area contributed by atoms with Gasteiger partial charge in [-0.1, -0.05) is 88.4 Å². The minimum Gasteiger partial charge on any atom is -0.410 e. The van der Waals surface area contributed by atoms with Crippen molar-refractivity contribution in [2.24, 2.45) is 28.6 Å². The SMILES string of the molecule is CC(C)(C)[C@@H]1[C@H]2CC(=O)C(CO[SiH](c3ccccc3)c3ccccc3)[C@]2(C)C[C@H]1OC1CCCCO1. The van der Waals surface area contributed by atoms with Crippen LogP contribution in [0, 0.1) is 28.6 Å². The van der Waals surface area contributed by atoms with Gasteiger partial charge in [-0.25, -0.2) is 0 Å². The van der Waals surface area contributed by atoms with Gasteiger partial charge in [0.15, 0.2) is 6.29 Å². The summed E-state index contributed by atoms with van der Waals surface area (Å²) >= 11 is 0. The van der Waals surface area contributed by atoms with Gasteiger partial charge in [-0.05, 0) is 58.7 Å². The highest BCUT2D eigenvalue weighted by Gasteiger charge is 2.63. The van der Waals surface area contributed by atoms with Gasteiger partial charge in [0, 0.05) is 25.6 Å². The van der Waals surface area contributed by atoms with Crippen LogP contribution < -0.4 is 10.4 Å². The number of rotatable bonds is 7. The summed E-state index contributed by atoms with van der Waals surface area (Å²) in [6.07, 6.45) is 4.82. The van der Waals surface area contributed by atoms with Crippen molar-refractivity contribution in [1.29, 1.82) is 0 Å². The van der Waals surface area contributed by atoms with Gasteiger partial charge in [-0.2, -0.15) is 0 Å². The molecule has 5 rings (SSSR count). The first-order valence-corrected chi connectivity index (χ1v) is 15.4. The van der Waals surface area contributed by atoms with E-state index in [0.29, 0.717) is 30.6 Å². The lowest BCUT2D eigenvalue weighted by Gasteiger charge is -2.38. The Labute approximate surface area is 218 Å². The van der Waals surface area contributed by atoms with E-state index >= 15 is 0 Å². The lowest BCUT2D eigenvalue weighted by Crippen LogP contribution is -2.47. The van der Waals surface area contributed by atoms with Crippen LogP contribution >= 0.6 is 0 Å². The van der Waals surface area contributed by atoms with Crippen molar-refractivity contribution in [1.82, 2.24) is 0 Å². The maximum Gasteiger partial charge on any atom is 0.239 e. The molecule has 0 bridgehead atoms. The molecule has 6 atom stereocenters. The predicted molar refractivity (Wildman–Crippen MR) is 146 cm³/mol. The van der Waals surface area contributed by atoms with Crippen LogP contribution in [0.2, 0.25) is 0 Å². The standard InChI is InChI=1S/C31H42O4Si/c1-30(2,3)29-24-19-26(32)25(31(24,4)20-27(29)35-28-17-11-12-18-33-28)21-34-36(22-13-7-5-8-14-22)23-15-9-6-10-16-23/h5-10,13-16,24-25,27-29,36H,11-12,17-21H2,1-4H3/t24-,25?,27-,28?,29-,31-/m1/s1. The molecule has 2 aromatic carbocycles. The van der Waals surface area contributed by atoms with Crippen molar-refractivity contribution in [2.45, 2.75) is 72.2 Å². The molecular formula is C31H42O4Si. The van der Waals surface area contributed by atoms with Crippen LogP contribution in [0.3, 0.4) is 0 Å². The summed E-state index contributed by atoms with van der Waals surface area (Å²) in [7, 11) is -1.90. The maximum absolute atomic E-state index is 13.5. The zero-order chi connectivity index (χ0) is 25.3. The number of benzene rings is 2. The van der Waals surface area contributed by atoms with Crippen molar-refractivity contribution in [3.63, 3.8) is 0 Å². The van der Waals surface area contributed by atoms with Crippen LogP contribution in [0.4, 0.5) is 0 Å². The second-order valence-corrected chi connectivity index (χ2v) is 14.9. The largest absolute Gasteiger partial charge is 0.410 e. The van der Waals surface area contributed by atoms with Crippen LogP contribution in [0.25, 0.3) is 0 Å². The summed E-state index contributed by atoms with van der Waals surface area (Å²) < 4.78 is 19.4. The highest BCUT2D eigenvalue weighted by atomic mass is 28.3. The Morgan fingerprint density at radius 3 is 2.19 bits per heavy atom. The molecule has 1 heterocycles. The summed E-state index contributed by atoms with van der Waals surface area (Å²) in [5.41, 5.74) is -0.0517. The number of carbonyl (C=O) groups is 1. The number of fused-ring (bicyclic) bond motifs is 1. The van der Waals surface area contributed by atoms with Crippen LogP contribution in [0.1, 0.15) is 59.8 Å². The van der Waals surface area contributed by atoms with Crippen LogP contribution in [0.5, 0.6) is 0 Å². The number of ketones is 1. The smallest absolute Gasteiger partial charge is 0.239 e. The van der Waals surface area contributed by atoms with Gasteiger partial charge in [0.2, 0.25) is 9.04 Å². The average molecular weight is 507 g/mol. The third kappa shape index (κ3) is 5.13. The molecule has 0 N–H and O–H groups in total. The second-order valence-electron chi connectivity index (χ2n) is 12.4. The number of hydrogen-bond acceptors (Lipinski definition) is 4. The summed E-state index contributed by atoms with van der Waals surface area (Å²) in [4.78, 5) is 13.5. The van der Waals surface area contributed by atoms with E-state index in [2.05, 4.69) is 76.2 Å². The van der Waals surface area contributed by atoms with Crippen molar-refractivity contribution < 1.29 is 18.7 Å². The number of hydrogen-bond donors (Lipinski definition) is 0. The quantitative estimate of drug-likeness (QED) is 0.510. The molecule has 36 heavy (non-hydrogen) atoms. The van der Waals surface area contributed by atoms with Gasteiger partial charge in [-0.3, -0.25) is 4.79 Å². The first-order chi connectivity index (χ1) is 17.3. The molecule has 0 aromatic heterocycles. The molecule has 2 unspecified atom stereocenters. The molecule has 2 aliphatic carbocycles. The van der Waals surface area contributed by atoms with E-state index in [-0.39, 0.29) is 29.1 Å². The number of ether oxygens (including phenoxy) is 2. The van der Waals surface area contributed by atoms with Crippen molar-refractivity contribution in [3.8, 4) is 0 Å². The van der Waals surface area contributed by atoms with Gasteiger partial charge >= 0.3 is 0 Å². The topological polar surface area (TPSA) is 44.8 Å². The van der Waals surface area contributed by atoms with Gasteiger partial charge in [0.1, 0.15) is 5.78 Å². The Balaban J connectivity index is 1.38. The summed E-state index contributed by atoms with van der Waals surface area (Å²) in [6.45, 7) is 10.5. The zero-order valence-corrected chi connectivity index (χ0v) is 23.5. The van der Waals surface area contributed by atoms with E-state index < -0.39 is 9.04 Å². The van der Waals surface area contributed by atoms with E-state index in [4.69, 9.17) is 13.9 Å². The Morgan fingerprint density at radius 2 is 1.64 bits per heavy atom. The molecule has 0 radical (unpaired) electrons. The van der Waals surface area contributed by atoms with E-state index in [1.807, 2.05) is 12.1 Å². The summed E-state index contributed by atoms with van der Waals surface area (Å²) in [5.74, 6) is 0.938. The normalized spacial score (nSPS) is 32.7. The average Bonchev–Trinajstić information content (AvgIpc) is 3.27. The van der Waals surface area contributed by atoms with Crippen molar-refractivity contribution >= 4 is 25.2 Å². The first-order valence-electron chi connectivity index (χ1n) is 13.8. The van der Waals surface area contributed by atoms with E-state index in [1.54, 1.807) is 0 Å². The molecule has 2 aromatic rings. The van der Waals surface area contributed by atoms with Gasteiger partial charge < -0.3 is 13.9 Å². The summed E-state index contributed by atoms with van der Waals surface area (Å²) in [5, 5.41) is 2.51. The fourth-order valence-electron chi connectivity index (χ4n) is 7.29. The van der Waals surface area contributed by atoms with Gasteiger partial charge in [0.25, 0.3) is 0 Å². The lowest BCUT2D eigenvalue weighted by molar-refractivity contribution is -0.203. The minimum absolute atomic E-state index is 0.0587. The molecule has 194 valence electrons. The highest BCUT2D eigenvalue weighted by Crippen LogP contribution is 2.63. The van der Waals surface area contributed by atoms with Crippen molar-refractivity contribution in [2.75, 3.05) is 13.2 Å². The minimum atomic E-state index is -1.90. The molecule has 0 spiro atoms. The molecule has 1 aliphatic heterocycles. The van der Waals surface area contributed by atoms with Crippen molar-refractivity contribution in [3.05, 3.63) is 60.7 Å². The fourth-order valence-corrected chi connectivity index (χ4v) is 9.59. The Kier molecular flexibility index (Phi) is 7.55. The van der Waals surface area contributed by atoms with E-state index in [0.717, 1.165) is 32.3 Å². The zero-order valence-electron chi connectivity index (χ0n) is 22.3. The molecular weight excluding hydrogens is 464 g/mol. The Bertz CT molecular complexity index is 974. The lowest BCUT2D eigenvalue weighted by atomic mass is 9.68. The number of carbonyl (C=O) groups excluding carboxylic acids is 1. The van der Waals surface area contributed by atoms with Crippen LogP contribution in [-0.2, 0) is 18.7 Å². The summed E-state index contributed by atoms with van der Waals surface area (Å²) in [6, 6.07) is 21.1. The fraction of sp³-hybridized carbons (Fsp3) is 0.581. The van der Waals surface area contributed by atoms with E-state index in [1.165, 1.54) is 10.4 Å². The monoisotopic (exact) mass is 506 g/mol. The van der Waals surface area contributed by atoms with Crippen LogP contribution in [0.15, 0.2) is 60.7 Å². The Hall–Kier alpha value is -1.79. The highest BCUT2D eigenvalue weighted by molar-refractivity contribution is 6.80. The molecule has 3 fully saturated rings. The second kappa shape index (κ2) is 10.5.